The Morgan fingerprint density at radius 2 is 2.15 bits per heavy atom. The predicted molar refractivity (Wildman–Crippen MR) is 44.5 cm³/mol. The van der Waals surface area contributed by atoms with Gasteiger partial charge >= 0.3 is 0 Å². The second-order valence-electron chi connectivity index (χ2n) is 2.54. The predicted octanol–water partition coefficient (Wildman–Crippen LogP) is 1.24. The molecule has 0 N–H and O–H groups in total. The van der Waals surface area contributed by atoms with E-state index in [0.717, 1.165) is 6.29 Å². The molecule has 1 aromatic carbocycles. The molecule has 4 nitrogen and oxygen atoms in total. The number of benzene rings is 1. The second kappa shape index (κ2) is 2.97. The molecule has 1 aliphatic rings. The Morgan fingerprint density at radius 1 is 1.38 bits per heavy atom. The van der Waals surface area contributed by atoms with Gasteiger partial charge in [-0.2, -0.15) is 0 Å². The average Bonchev–Trinajstić information content (AvgIpc) is 2.64. The molecule has 0 radical (unpaired) electrons. The summed E-state index contributed by atoms with van der Waals surface area (Å²) in [5.74, 6) is 1.56. The molecule has 1 heterocycles. The fourth-order valence-electron chi connectivity index (χ4n) is 1.25. The van der Waals surface area contributed by atoms with Crippen LogP contribution in [-0.4, -0.2) is 20.2 Å². The number of rotatable bonds is 2. The van der Waals surface area contributed by atoms with E-state index in [2.05, 4.69) is 0 Å². The molecule has 1 aliphatic heterocycles. The van der Waals surface area contributed by atoms with Gasteiger partial charge in [-0.15, -0.1) is 0 Å². The fraction of sp³-hybridized carbons (Fsp3) is 0.222. The van der Waals surface area contributed by atoms with Crippen molar-refractivity contribution in [1.29, 1.82) is 0 Å². The van der Waals surface area contributed by atoms with E-state index in [0.29, 0.717) is 22.8 Å². The van der Waals surface area contributed by atoms with E-state index in [-0.39, 0.29) is 6.79 Å². The van der Waals surface area contributed by atoms with Crippen LogP contribution < -0.4 is 14.2 Å². The first-order valence-corrected chi connectivity index (χ1v) is 3.78. The molecule has 0 amide bonds. The first-order valence-electron chi connectivity index (χ1n) is 3.78. The highest BCUT2D eigenvalue weighted by Crippen LogP contribution is 2.42. The first-order chi connectivity index (χ1) is 6.36. The number of methoxy groups -OCH3 is 1. The monoisotopic (exact) mass is 180 g/mol. The quantitative estimate of drug-likeness (QED) is 0.642. The number of ether oxygens (including phenoxy) is 3. The lowest BCUT2D eigenvalue weighted by Crippen LogP contribution is -1.94. The first kappa shape index (κ1) is 7.91. The molecule has 1 aromatic rings. The van der Waals surface area contributed by atoms with Gasteiger partial charge < -0.3 is 14.2 Å². The second-order valence-corrected chi connectivity index (χ2v) is 2.54. The van der Waals surface area contributed by atoms with Crippen molar-refractivity contribution in [2.75, 3.05) is 13.9 Å². The zero-order chi connectivity index (χ0) is 9.26. The van der Waals surface area contributed by atoms with Gasteiger partial charge in [0.05, 0.1) is 12.7 Å². The van der Waals surface area contributed by atoms with Gasteiger partial charge in [0.25, 0.3) is 0 Å². The van der Waals surface area contributed by atoms with Crippen molar-refractivity contribution in [3.63, 3.8) is 0 Å². The van der Waals surface area contributed by atoms with Crippen LogP contribution in [0.4, 0.5) is 0 Å². The summed E-state index contributed by atoms with van der Waals surface area (Å²) in [7, 11) is 1.54. The van der Waals surface area contributed by atoms with Gasteiger partial charge in [-0.3, -0.25) is 4.79 Å². The largest absolute Gasteiger partial charge is 0.493 e. The number of fused-ring (bicyclic) bond motifs is 1. The topological polar surface area (TPSA) is 44.8 Å². The van der Waals surface area contributed by atoms with Crippen LogP contribution in [0.5, 0.6) is 17.2 Å². The number of carbonyl (C=O) groups is 1. The molecular weight excluding hydrogens is 172 g/mol. The lowest BCUT2D eigenvalue weighted by molar-refractivity contribution is 0.111. The minimum Gasteiger partial charge on any atom is -0.493 e. The highest BCUT2D eigenvalue weighted by molar-refractivity contribution is 5.82. The molecule has 0 atom stereocenters. The Morgan fingerprint density at radius 3 is 2.85 bits per heavy atom. The van der Waals surface area contributed by atoms with Gasteiger partial charge in [-0.1, -0.05) is 0 Å². The number of carbonyl (C=O) groups excluding carboxylic acids is 1. The van der Waals surface area contributed by atoms with E-state index in [1.807, 2.05) is 0 Å². The summed E-state index contributed by atoms with van der Waals surface area (Å²) in [6.07, 6.45) is 0.729. The van der Waals surface area contributed by atoms with E-state index in [1.54, 1.807) is 12.1 Å². The molecule has 0 saturated carbocycles. The van der Waals surface area contributed by atoms with Crippen LogP contribution in [0.2, 0.25) is 0 Å². The minimum absolute atomic E-state index is 0.135. The normalized spacial score (nSPS) is 12.7. The van der Waals surface area contributed by atoms with Gasteiger partial charge in [-0.25, -0.2) is 0 Å². The number of hydrogen-bond donors (Lipinski definition) is 0. The van der Waals surface area contributed by atoms with Crippen molar-refractivity contribution in [3.05, 3.63) is 17.7 Å². The molecular formula is C9H8O4. The Bertz CT molecular complexity index is 346. The Kier molecular flexibility index (Phi) is 1.81. The fourth-order valence-corrected chi connectivity index (χ4v) is 1.25. The summed E-state index contributed by atoms with van der Waals surface area (Å²) in [5, 5.41) is 0. The van der Waals surface area contributed by atoms with Crippen molar-refractivity contribution in [1.82, 2.24) is 0 Å². The minimum atomic E-state index is 0.135. The van der Waals surface area contributed by atoms with Crippen molar-refractivity contribution in [3.8, 4) is 17.2 Å². The molecule has 0 unspecified atom stereocenters. The molecule has 68 valence electrons. The third-order valence-corrected chi connectivity index (χ3v) is 1.86. The molecule has 0 aromatic heterocycles. The van der Waals surface area contributed by atoms with Crippen molar-refractivity contribution in [2.45, 2.75) is 0 Å². The summed E-state index contributed by atoms with van der Waals surface area (Å²) in [6.45, 7) is 0.135. The number of hydrogen-bond acceptors (Lipinski definition) is 4. The molecule has 0 fully saturated rings. The molecule has 0 aliphatic carbocycles. The Balaban J connectivity index is 2.58. The van der Waals surface area contributed by atoms with E-state index >= 15 is 0 Å². The van der Waals surface area contributed by atoms with Crippen LogP contribution in [0.1, 0.15) is 10.4 Å². The third kappa shape index (κ3) is 1.11. The van der Waals surface area contributed by atoms with Gasteiger partial charge in [0, 0.05) is 0 Å². The summed E-state index contributed by atoms with van der Waals surface area (Å²) in [6, 6.07) is 3.32. The zero-order valence-corrected chi connectivity index (χ0v) is 7.07. The summed E-state index contributed by atoms with van der Waals surface area (Å²) >= 11 is 0. The van der Waals surface area contributed by atoms with E-state index in [9.17, 15) is 4.79 Å². The maximum absolute atomic E-state index is 10.6. The molecule has 0 bridgehead atoms. The molecule has 0 spiro atoms. The SMILES string of the molecule is COc1ccc(C=O)c2c1OCO2. The maximum atomic E-state index is 10.6. The molecule has 2 rings (SSSR count). The highest BCUT2D eigenvalue weighted by Gasteiger charge is 2.21. The zero-order valence-electron chi connectivity index (χ0n) is 7.07. The van der Waals surface area contributed by atoms with Crippen LogP contribution in [0.3, 0.4) is 0 Å². The average molecular weight is 180 g/mol. The van der Waals surface area contributed by atoms with Crippen molar-refractivity contribution < 1.29 is 19.0 Å². The van der Waals surface area contributed by atoms with E-state index < -0.39 is 0 Å². The van der Waals surface area contributed by atoms with Crippen molar-refractivity contribution in [2.24, 2.45) is 0 Å². The lowest BCUT2D eigenvalue weighted by Gasteiger charge is -2.04. The lowest BCUT2D eigenvalue weighted by atomic mass is 10.2. The third-order valence-electron chi connectivity index (χ3n) is 1.86. The van der Waals surface area contributed by atoms with Gasteiger partial charge in [0.1, 0.15) is 0 Å². The maximum Gasteiger partial charge on any atom is 0.231 e. The summed E-state index contributed by atoms with van der Waals surface area (Å²) in [4.78, 5) is 10.6. The van der Waals surface area contributed by atoms with Crippen LogP contribution in [-0.2, 0) is 0 Å². The van der Waals surface area contributed by atoms with Crippen LogP contribution >= 0.6 is 0 Å². The van der Waals surface area contributed by atoms with Crippen LogP contribution in [0.15, 0.2) is 12.1 Å². The Hall–Kier alpha value is -1.71. The van der Waals surface area contributed by atoms with Gasteiger partial charge in [0.15, 0.2) is 17.8 Å². The molecule has 0 saturated heterocycles. The van der Waals surface area contributed by atoms with E-state index in [1.165, 1.54) is 7.11 Å². The highest BCUT2D eigenvalue weighted by atomic mass is 16.7. The van der Waals surface area contributed by atoms with Gasteiger partial charge in [-0.05, 0) is 12.1 Å². The standard InChI is InChI=1S/C9H8O4/c1-11-7-3-2-6(4-10)8-9(7)13-5-12-8/h2-4H,5H2,1H3. The van der Waals surface area contributed by atoms with Crippen LogP contribution in [0, 0.1) is 0 Å². The van der Waals surface area contributed by atoms with Crippen LogP contribution in [0.25, 0.3) is 0 Å². The molecule has 13 heavy (non-hydrogen) atoms. The Labute approximate surface area is 75.0 Å². The summed E-state index contributed by atoms with van der Waals surface area (Å²) in [5.41, 5.74) is 0.480. The smallest absolute Gasteiger partial charge is 0.231 e. The van der Waals surface area contributed by atoms with Crippen molar-refractivity contribution >= 4 is 6.29 Å². The molecule has 4 heteroatoms. The summed E-state index contributed by atoms with van der Waals surface area (Å²) < 4.78 is 15.3. The number of aldehydes is 1. The van der Waals surface area contributed by atoms with E-state index in [4.69, 9.17) is 14.2 Å². The van der Waals surface area contributed by atoms with Gasteiger partial charge in [0.2, 0.25) is 12.5 Å².